The Hall–Kier alpha value is -0.570. The number of likely N-dealkylation sites (tertiary alicyclic amines) is 1. The molecule has 3 rings (SSSR count). The molecule has 0 bridgehead atoms. The molecule has 0 aromatic heterocycles. The molecule has 114 valence electrons. The minimum atomic E-state index is -0.567. The third-order valence-electron chi connectivity index (χ3n) is 6.19. The number of carboxylic acid groups (broad SMARTS) is 1. The van der Waals surface area contributed by atoms with Gasteiger partial charge in [-0.1, -0.05) is 26.7 Å². The maximum atomic E-state index is 11.8. The highest BCUT2D eigenvalue weighted by Gasteiger charge is 2.49. The Morgan fingerprint density at radius 1 is 1.10 bits per heavy atom. The molecule has 3 nitrogen and oxygen atoms in total. The lowest BCUT2D eigenvalue weighted by Gasteiger charge is -2.32. The number of aliphatic carboxylic acids is 1. The summed E-state index contributed by atoms with van der Waals surface area (Å²) in [6.45, 7) is 5.78. The van der Waals surface area contributed by atoms with Crippen molar-refractivity contribution in [1.29, 1.82) is 0 Å². The second-order valence-electron chi connectivity index (χ2n) is 8.08. The van der Waals surface area contributed by atoms with Crippen molar-refractivity contribution >= 4 is 5.97 Å². The van der Waals surface area contributed by atoms with E-state index in [1.807, 2.05) is 0 Å². The van der Waals surface area contributed by atoms with E-state index in [1.165, 1.54) is 44.9 Å². The molecule has 4 atom stereocenters. The van der Waals surface area contributed by atoms with Crippen LogP contribution in [0.15, 0.2) is 0 Å². The maximum absolute atomic E-state index is 11.8. The maximum Gasteiger partial charge on any atom is 0.321 e. The zero-order valence-electron chi connectivity index (χ0n) is 13.0. The van der Waals surface area contributed by atoms with Crippen molar-refractivity contribution in [2.24, 2.45) is 17.3 Å². The van der Waals surface area contributed by atoms with E-state index < -0.39 is 5.97 Å². The Morgan fingerprint density at radius 3 is 2.65 bits per heavy atom. The summed E-state index contributed by atoms with van der Waals surface area (Å²) >= 11 is 0. The van der Waals surface area contributed by atoms with Crippen LogP contribution in [0.1, 0.15) is 65.2 Å². The van der Waals surface area contributed by atoms with Gasteiger partial charge in [-0.25, -0.2) is 0 Å². The molecule has 20 heavy (non-hydrogen) atoms. The van der Waals surface area contributed by atoms with E-state index in [0.29, 0.717) is 23.3 Å². The molecule has 0 radical (unpaired) electrons. The van der Waals surface area contributed by atoms with Crippen molar-refractivity contribution < 1.29 is 9.90 Å². The number of hydrogen-bond donors (Lipinski definition) is 1. The lowest BCUT2D eigenvalue weighted by Crippen LogP contribution is -2.45. The molecule has 2 saturated carbocycles. The van der Waals surface area contributed by atoms with E-state index in [-0.39, 0.29) is 6.04 Å². The third kappa shape index (κ3) is 2.61. The van der Waals surface area contributed by atoms with E-state index >= 15 is 0 Å². The zero-order valence-corrected chi connectivity index (χ0v) is 13.0. The van der Waals surface area contributed by atoms with Gasteiger partial charge in [-0.2, -0.15) is 0 Å². The van der Waals surface area contributed by atoms with Gasteiger partial charge in [-0.05, 0) is 55.8 Å². The fourth-order valence-electron chi connectivity index (χ4n) is 5.01. The molecule has 3 aliphatic rings. The van der Waals surface area contributed by atoms with E-state index in [9.17, 15) is 9.90 Å². The molecule has 0 aromatic carbocycles. The Kier molecular flexibility index (Phi) is 3.83. The minimum Gasteiger partial charge on any atom is -0.480 e. The van der Waals surface area contributed by atoms with E-state index in [4.69, 9.17) is 0 Å². The van der Waals surface area contributed by atoms with E-state index in [1.54, 1.807) is 0 Å². The summed E-state index contributed by atoms with van der Waals surface area (Å²) in [7, 11) is 0. The summed E-state index contributed by atoms with van der Waals surface area (Å²) in [5, 5.41) is 9.69. The molecular weight excluding hydrogens is 250 g/mol. The second-order valence-corrected chi connectivity index (χ2v) is 8.08. The van der Waals surface area contributed by atoms with Crippen LogP contribution >= 0.6 is 0 Å². The summed E-state index contributed by atoms with van der Waals surface area (Å²) in [5.41, 5.74) is 0.447. The molecule has 0 aromatic rings. The first kappa shape index (κ1) is 14.4. The average Bonchev–Trinajstić information content (AvgIpc) is 2.87. The topological polar surface area (TPSA) is 40.5 Å². The van der Waals surface area contributed by atoms with Crippen molar-refractivity contribution in [3.8, 4) is 0 Å². The van der Waals surface area contributed by atoms with Crippen molar-refractivity contribution in [2.75, 3.05) is 6.54 Å². The molecular formula is C17H29NO2. The van der Waals surface area contributed by atoms with Gasteiger partial charge in [-0.3, -0.25) is 9.69 Å². The number of fused-ring (bicyclic) bond motifs is 1. The van der Waals surface area contributed by atoms with Crippen molar-refractivity contribution in [3.63, 3.8) is 0 Å². The zero-order chi connectivity index (χ0) is 14.3. The highest BCUT2D eigenvalue weighted by molar-refractivity contribution is 5.74. The first-order valence-electron chi connectivity index (χ1n) is 8.46. The first-order chi connectivity index (χ1) is 9.48. The number of hydrogen-bond acceptors (Lipinski definition) is 2. The van der Waals surface area contributed by atoms with Crippen LogP contribution in [0.5, 0.6) is 0 Å². The van der Waals surface area contributed by atoms with Crippen LogP contribution in [0.3, 0.4) is 0 Å². The fourth-order valence-corrected chi connectivity index (χ4v) is 5.01. The normalized spacial score (nSPS) is 41.3. The van der Waals surface area contributed by atoms with Crippen LogP contribution in [-0.2, 0) is 4.79 Å². The molecule has 0 spiro atoms. The van der Waals surface area contributed by atoms with E-state index in [2.05, 4.69) is 18.7 Å². The summed E-state index contributed by atoms with van der Waals surface area (Å²) < 4.78 is 0. The molecule has 4 unspecified atom stereocenters. The fraction of sp³-hybridized carbons (Fsp3) is 0.941. The monoisotopic (exact) mass is 279 g/mol. The molecule has 3 heteroatoms. The van der Waals surface area contributed by atoms with E-state index in [0.717, 1.165) is 13.0 Å². The van der Waals surface area contributed by atoms with Gasteiger partial charge in [0, 0.05) is 12.6 Å². The van der Waals surface area contributed by atoms with Gasteiger partial charge in [0.2, 0.25) is 0 Å². The molecule has 1 aliphatic heterocycles. The Bertz CT molecular complexity index is 379. The molecule has 1 heterocycles. The van der Waals surface area contributed by atoms with Gasteiger partial charge in [0.25, 0.3) is 0 Å². The van der Waals surface area contributed by atoms with Gasteiger partial charge in [0.1, 0.15) is 6.04 Å². The Morgan fingerprint density at radius 2 is 1.90 bits per heavy atom. The van der Waals surface area contributed by atoms with Gasteiger partial charge < -0.3 is 5.11 Å². The third-order valence-corrected chi connectivity index (χ3v) is 6.19. The summed E-state index contributed by atoms with van der Waals surface area (Å²) in [6.07, 6.45) is 9.82. The Labute approximate surface area is 122 Å². The predicted molar refractivity (Wildman–Crippen MR) is 79.6 cm³/mol. The number of carbonyl (C=O) groups is 1. The summed E-state index contributed by atoms with van der Waals surface area (Å²) in [4.78, 5) is 14.2. The number of nitrogens with zero attached hydrogens (tertiary/aromatic N) is 1. The second kappa shape index (κ2) is 5.32. The molecule has 2 aliphatic carbocycles. The molecule has 1 N–H and O–H groups in total. The van der Waals surface area contributed by atoms with Crippen LogP contribution in [0.2, 0.25) is 0 Å². The largest absolute Gasteiger partial charge is 0.480 e. The van der Waals surface area contributed by atoms with Crippen molar-refractivity contribution in [3.05, 3.63) is 0 Å². The van der Waals surface area contributed by atoms with Crippen molar-refractivity contribution in [2.45, 2.75) is 77.3 Å². The lowest BCUT2D eigenvalue weighted by atomic mass is 9.85. The quantitative estimate of drug-likeness (QED) is 0.786. The van der Waals surface area contributed by atoms with Gasteiger partial charge in [0.05, 0.1) is 0 Å². The molecule has 1 saturated heterocycles. The number of carboxylic acids is 1. The van der Waals surface area contributed by atoms with Crippen LogP contribution in [0, 0.1) is 17.3 Å². The van der Waals surface area contributed by atoms with Crippen LogP contribution in [0.4, 0.5) is 0 Å². The first-order valence-corrected chi connectivity index (χ1v) is 8.46. The van der Waals surface area contributed by atoms with Crippen molar-refractivity contribution in [1.82, 2.24) is 4.90 Å². The predicted octanol–water partition coefficient (Wildman–Crippen LogP) is 3.53. The smallest absolute Gasteiger partial charge is 0.321 e. The molecule has 3 fully saturated rings. The highest BCUT2D eigenvalue weighted by Crippen LogP contribution is 2.45. The minimum absolute atomic E-state index is 0.186. The summed E-state index contributed by atoms with van der Waals surface area (Å²) in [6, 6.07) is 0.331. The van der Waals surface area contributed by atoms with Crippen LogP contribution in [-0.4, -0.2) is 34.6 Å². The van der Waals surface area contributed by atoms with Gasteiger partial charge in [0.15, 0.2) is 0 Å². The Balaban J connectivity index is 1.74. The van der Waals surface area contributed by atoms with Gasteiger partial charge in [-0.15, -0.1) is 0 Å². The average molecular weight is 279 g/mol. The van der Waals surface area contributed by atoms with Crippen LogP contribution < -0.4 is 0 Å². The van der Waals surface area contributed by atoms with Crippen LogP contribution in [0.25, 0.3) is 0 Å². The SMILES string of the molecule is CC1(C)CCCC(N2CC3CCCC3C2C(=O)O)CC1. The number of rotatable bonds is 2. The summed E-state index contributed by atoms with van der Waals surface area (Å²) in [5.74, 6) is 0.527. The van der Waals surface area contributed by atoms with Gasteiger partial charge >= 0.3 is 5.97 Å². The highest BCUT2D eigenvalue weighted by atomic mass is 16.4. The standard InChI is InChI=1S/C17H29NO2/c1-17(2)9-4-6-13(8-10-17)18-11-12-5-3-7-14(12)15(18)16(19)20/h12-15H,3-11H2,1-2H3,(H,19,20). The molecule has 0 amide bonds. The lowest BCUT2D eigenvalue weighted by molar-refractivity contribution is -0.144.